The van der Waals surface area contributed by atoms with Crippen molar-refractivity contribution in [3.8, 4) is 0 Å². The summed E-state index contributed by atoms with van der Waals surface area (Å²) in [5, 5.41) is 0.526. The van der Waals surface area contributed by atoms with Crippen LogP contribution < -0.4 is 0 Å². The summed E-state index contributed by atoms with van der Waals surface area (Å²) in [7, 11) is -2.11. The first-order chi connectivity index (χ1) is 9.30. The van der Waals surface area contributed by atoms with E-state index in [9.17, 15) is 8.42 Å². The fourth-order valence-electron chi connectivity index (χ4n) is 1.56. The van der Waals surface area contributed by atoms with Crippen molar-refractivity contribution in [2.75, 3.05) is 7.05 Å². The summed E-state index contributed by atoms with van der Waals surface area (Å²) < 4.78 is 26.7. The molecule has 0 radical (unpaired) electrons. The van der Waals surface area contributed by atoms with Crippen molar-refractivity contribution in [1.82, 2.24) is 4.31 Å². The number of sulfonamides is 1. The molecule has 108 valence electrons. The maximum Gasteiger partial charge on any atom is 0.243 e. The number of hydrogen-bond donors (Lipinski definition) is 0. The monoisotopic (exact) mass is 369 g/mol. The van der Waals surface area contributed by atoms with E-state index in [0.717, 1.165) is 4.88 Å². The van der Waals surface area contributed by atoms with Gasteiger partial charge >= 0.3 is 0 Å². The number of nitrogens with zero attached hydrogens (tertiary/aromatic N) is 1. The highest BCUT2D eigenvalue weighted by molar-refractivity contribution is 7.89. The largest absolute Gasteiger partial charge is 0.243 e. The van der Waals surface area contributed by atoms with Gasteiger partial charge < -0.3 is 0 Å². The van der Waals surface area contributed by atoms with Crippen LogP contribution in [0.3, 0.4) is 0 Å². The molecule has 8 heteroatoms. The Morgan fingerprint density at radius 2 is 1.80 bits per heavy atom. The predicted molar refractivity (Wildman–Crippen MR) is 84.4 cm³/mol. The zero-order chi connectivity index (χ0) is 14.9. The van der Waals surface area contributed by atoms with Crippen LogP contribution in [-0.2, 0) is 16.6 Å². The molecular weight excluding hydrogens is 361 g/mol. The van der Waals surface area contributed by atoms with Crippen molar-refractivity contribution in [3.05, 3.63) is 49.6 Å². The van der Waals surface area contributed by atoms with Gasteiger partial charge in [0.1, 0.15) is 0 Å². The van der Waals surface area contributed by atoms with Crippen LogP contribution in [0, 0.1) is 0 Å². The normalized spacial score (nSPS) is 12.1. The highest BCUT2D eigenvalue weighted by Crippen LogP contribution is 2.28. The number of benzene rings is 1. The molecule has 1 heterocycles. The van der Waals surface area contributed by atoms with E-state index in [4.69, 9.17) is 34.8 Å². The lowest BCUT2D eigenvalue weighted by atomic mass is 10.4. The number of hydrogen-bond acceptors (Lipinski definition) is 3. The summed E-state index contributed by atoms with van der Waals surface area (Å²) in [6.07, 6.45) is 0. The van der Waals surface area contributed by atoms with Crippen molar-refractivity contribution >= 4 is 56.2 Å². The molecule has 0 aliphatic rings. The molecule has 0 amide bonds. The first-order valence-electron chi connectivity index (χ1n) is 5.46. The van der Waals surface area contributed by atoms with Gasteiger partial charge in [-0.3, -0.25) is 0 Å². The highest BCUT2D eigenvalue weighted by atomic mass is 35.5. The molecule has 2 aromatic rings. The van der Waals surface area contributed by atoms with Crippen molar-refractivity contribution in [2.24, 2.45) is 0 Å². The third-order valence-electron chi connectivity index (χ3n) is 2.61. The number of halogens is 3. The molecule has 0 atom stereocenters. The maximum absolute atomic E-state index is 12.4. The van der Waals surface area contributed by atoms with E-state index in [1.807, 2.05) is 0 Å². The van der Waals surface area contributed by atoms with Gasteiger partial charge in [0.2, 0.25) is 10.0 Å². The van der Waals surface area contributed by atoms with E-state index < -0.39 is 10.0 Å². The van der Waals surface area contributed by atoms with Gasteiger partial charge in [0, 0.05) is 18.5 Å². The molecule has 2 rings (SSSR count). The van der Waals surface area contributed by atoms with Crippen LogP contribution in [0.15, 0.2) is 35.2 Å². The molecule has 0 fully saturated rings. The summed E-state index contributed by atoms with van der Waals surface area (Å²) in [4.78, 5) is 0.971. The third-order valence-corrected chi connectivity index (χ3v) is 6.36. The standard InChI is InChI=1S/C12H10Cl3NO2S2/c1-16(7-8-2-5-12(15)19-8)20(17,18)9-3-4-10(13)11(14)6-9/h2-6H,7H2,1H3. The molecule has 0 unspecified atom stereocenters. The van der Waals surface area contributed by atoms with E-state index in [-0.39, 0.29) is 16.5 Å². The van der Waals surface area contributed by atoms with Gasteiger partial charge in [-0.2, -0.15) is 4.31 Å². The Morgan fingerprint density at radius 3 is 2.35 bits per heavy atom. The van der Waals surface area contributed by atoms with Crippen LogP contribution in [0.25, 0.3) is 0 Å². The molecule has 20 heavy (non-hydrogen) atoms. The van der Waals surface area contributed by atoms with Gasteiger partial charge in [-0.25, -0.2) is 8.42 Å². The minimum Gasteiger partial charge on any atom is -0.207 e. The van der Waals surface area contributed by atoms with Gasteiger partial charge in [0.25, 0.3) is 0 Å². The van der Waals surface area contributed by atoms with Gasteiger partial charge in [0.15, 0.2) is 0 Å². The highest BCUT2D eigenvalue weighted by Gasteiger charge is 2.22. The smallest absolute Gasteiger partial charge is 0.207 e. The van der Waals surface area contributed by atoms with Crippen LogP contribution in [0.2, 0.25) is 14.4 Å². The maximum atomic E-state index is 12.4. The van der Waals surface area contributed by atoms with E-state index in [2.05, 4.69) is 0 Å². The van der Waals surface area contributed by atoms with Crippen molar-refractivity contribution in [3.63, 3.8) is 0 Å². The number of rotatable bonds is 4. The Bertz CT molecular complexity index is 728. The molecule has 0 saturated carbocycles. The first kappa shape index (κ1) is 16.1. The van der Waals surface area contributed by atoms with Gasteiger partial charge in [-0.05, 0) is 30.3 Å². The molecule has 0 N–H and O–H groups in total. The minimum absolute atomic E-state index is 0.108. The average molecular weight is 371 g/mol. The average Bonchev–Trinajstić information content (AvgIpc) is 2.78. The molecule has 3 nitrogen and oxygen atoms in total. The molecular formula is C12H10Cl3NO2S2. The van der Waals surface area contributed by atoms with Crippen molar-refractivity contribution in [2.45, 2.75) is 11.4 Å². The molecule has 0 bridgehead atoms. The Hall–Kier alpha value is -0.300. The van der Waals surface area contributed by atoms with Crippen molar-refractivity contribution in [1.29, 1.82) is 0 Å². The minimum atomic E-state index is -3.61. The molecule has 0 saturated heterocycles. The van der Waals surface area contributed by atoms with Crippen LogP contribution in [0.4, 0.5) is 0 Å². The molecule has 0 aliphatic heterocycles. The van der Waals surface area contributed by atoms with Gasteiger partial charge in [0.05, 0.1) is 19.3 Å². The summed E-state index contributed by atoms with van der Waals surface area (Å²) >= 11 is 18.8. The van der Waals surface area contributed by atoms with Crippen LogP contribution in [0.1, 0.15) is 4.88 Å². The van der Waals surface area contributed by atoms with Gasteiger partial charge in [-0.15, -0.1) is 11.3 Å². The second-order valence-corrected chi connectivity index (χ2v) is 8.70. The summed E-state index contributed by atoms with van der Waals surface area (Å²) in [6, 6.07) is 7.78. The Morgan fingerprint density at radius 1 is 1.10 bits per heavy atom. The van der Waals surface area contributed by atoms with Crippen LogP contribution in [-0.4, -0.2) is 19.8 Å². The predicted octanol–water partition coefficient (Wildman–Crippen LogP) is 4.53. The molecule has 1 aromatic carbocycles. The second kappa shape index (κ2) is 6.22. The molecule has 0 spiro atoms. The lowest BCUT2D eigenvalue weighted by molar-refractivity contribution is 0.469. The summed E-state index contributed by atoms with van der Waals surface area (Å²) in [6.45, 7) is 0.250. The molecule has 1 aromatic heterocycles. The van der Waals surface area contributed by atoms with Gasteiger partial charge in [-0.1, -0.05) is 34.8 Å². The first-order valence-corrected chi connectivity index (χ1v) is 8.85. The lowest BCUT2D eigenvalue weighted by Gasteiger charge is -2.16. The molecule has 0 aliphatic carbocycles. The topological polar surface area (TPSA) is 37.4 Å². The van der Waals surface area contributed by atoms with E-state index in [1.165, 1.54) is 40.9 Å². The zero-order valence-corrected chi connectivity index (χ0v) is 14.2. The van der Waals surface area contributed by atoms with E-state index >= 15 is 0 Å². The fourth-order valence-corrected chi connectivity index (χ4v) is 4.32. The number of thiophene rings is 1. The van der Waals surface area contributed by atoms with E-state index in [1.54, 1.807) is 12.1 Å². The Kier molecular flexibility index (Phi) is 5.00. The van der Waals surface area contributed by atoms with Crippen LogP contribution >= 0.6 is 46.1 Å². The van der Waals surface area contributed by atoms with E-state index in [0.29, 0.717) is 9.36 Å². The summed E-state index contributed by atoms with van der Waals surface area (Å²) in [5.74, 6) is 0. The Balaban J connectivity index is 2.27. The second-order valence-electron chi connectivity index (χ2n) is 4.04. The van der Waals surface area contributed by atoms with Crippen LogP contribution in [0.5, 0.6) is 0 Å². The zero-order valence-electron chi connectivity index (χ0n) is 10.3. The summed E-state index contributed by atoms with van der Waals surface area (Å²) in [5.41, 5.74) is 0. The fraction of sp³-hybridized carbons (Fsp3) is 0.167. The van der Waals surface area contributed by atoms with Crippen molar-refractivity contribution < 1.29 is 8.42 Å². The third kappa shape index (κ3) is 3.47. The Labute approximate surface area is 136 Å². The SMILES string of the molecule is CN(Cc1ccc(Cl)s1)S(=O)(=O)c1ccc(Cl)c(Cl)c1. The lowest BCUT2D eigenvalue weighted by Crippen LogP contribution is -2.26. The quantitative estimate of drug-likeness (QED) is 0.793.